The maximum Gasteiger partial charge on any atom is 0.126 e. The van der Waals surface area contributed by atoms with Gasteiger partial charge in [0.2, 0.25) is 0 Å². The highest BCUT2D eigenvalue weighted by molar-refractivity contribution is 5.96. The SMILES string of the molecule is Fc1cc(F)cc(-c2ccc(-c3cc(-c4ccc(-c5cc(F)cc(F)c5)cc4)c(-c4ccc(-c5cc(F)cc(F)c5)cc4)cc3-c3ccc(-c4cc(F)cc(F)c4)cc3)cc2)c1. The van der Waals surface area contributed by atoms with Crippen LogP contribution in [0.15, 0.2) is 182 Å². The summed E-state index contributed by atoms with van der Waals surface area (Å²) in [7, 11) is 0. The summed E-state index contributed by atoms with van der Waals surface area (Å²) in [4.78, 5) is 0. The van der Waals surface area contributed by atoms with Gasteiger partial charge in [0.25, 0.3) is 0 Å². The monoisotopic (exact) mass is 830 g/mol. The van der Waals surface area contributed by atoms with Gasteiger partial charge in [-0.3, -0.25) is 0 Å². The Hall–Kier alpha value is -7.58. The van der Waals surface area contributed by atoms with Crippen LogP contribution in [-0.4, -0.2) is 0 Å². The summed E-state index contributed by atoms with van der Waals surface area (Å²) >= 11 is 0. The fourth-order valence-corrected chi connectivity index (χ4v) is 7.81. The minimum absolute atomic E-state index is 0.359. The lowest BCUT2D eigenvalue weighted by Crippen LogP contribution is -1.94. The quantitative estimate of drug-likeness (QED) is 0.134. The molecule has 9 aromatic rings. The van der Waals surface area contributed by atoms with E-state index in [2.05, 4.69) is 0 Å². The summed E-state index contributed by atoms with van der Waals surface area (Å²) in [5, 5.41) is 0. The Kier molecular flexibility index (Phi) is 10.6. The van der Waals surface area contributed by atoms with Gasteiger partial charge in [-0.2, -0.15) is 0 Å². The van der Waals surface area contributed by atoms with Gasteiger partial charge >= 0.3 is 0 Å². The lowest BCUT2D eigenvalue weighted by atomic mass is 9.84. The van der Waals surface area contributed by atoms with E-state index in [0.717, 1.165) is 68.8 Å². The van der Waals surface area contributed by atoms with Crippen molar-refractivity contribution in [2.45, 2.75) is 0 Å². The van der Waals surface area contributed by atoms with Gasteiger partial charge < -0.3 is 0 Å². The highest BCUT2D eigenvalue weighted by Gasteiger charge is 2.18. The molecule has 0 N–H and O–H groups in total. The first-order valence-corrected chi connectivity index (χ1v) is 19.4. The fraction of sp³-hybridized carbons (Fsp3) is 0. The summed E-state index contributed by atoms with van der Waals surface area (Å²) in [6.45, 7) is 0. The van der Waals surface area contributed by atoms with E-state index in [4.69, 9.17) is 0 Å². The summed E-state index contributed by atoms with van der Waals surface area (Å²) < 4.78 is 114. The minimum Gasteiger partial charge on any atom is -0.207 e. The molecule has 0 aromatic heterocycles. The molecule has 0 spiro atoms. The van der Waals surface area contributed by atoms with Gasteiger partial charge in [0.15, 0.2) is 0 Å². The zero-order valence-electron chi connectivity index (χ0n) is 32.3. The number of benzene rings is 9. The Morgan fingerprint density at radius 2 is 0.290 bits per heavy atom. The van der Waals surface area contributed by atoms with Crippen molar-refractivity contribution in [3.63, 3.8) is 0 Å². The second-order valence-corrected chi connectivity index (χ2v) is 14.9. The predicted octanol–water partition coefficient (Wildman–Crippen LogP) is 16.1. The molecule has 302 valence electrons. The number of halogens is 8. The molecule has 0 nitrogen and oxygen atoms in total. The van der Waals surface area contributed by atoms with E-state index in [9.17, 15) is 35.1 Å². The molecule has 0 fully saturated rings. The third-order valence-electron chi connectivity index (χ3n) is 10.7. The lowest BCUT2D eigenvalue weighted by Gasteiger charge is -2.19. The number of hydrogen-bond acceptors (Lipinski definition) is 0. The van der Waals surface area contributed by atoms with E-state index in [1.54, 1.807) is 48.5 Å². The molecule has 9 rings (SSSR count). The van der Waals surface area contributed by atoms with Gasteiger partial charge in [-0.15, -0.1) is 0 Å². The normalized spacial score (nSPS) is 11.2. The number of rotatable bonds is 8. The summed E-state index contributed by atoms with van der Waals surface area (Å²) in [5.74, 6) is -5.66. The summed E-state index contributed by atoms with van der Waals surface area (Å²) in [6, 6.07) is 46.1. The molecule has 0 radical (unpaired) electrons. The molecule has 0 aliphatic carbocycles. The van der Waals surface area contributed by atoms with Crippen LogP contribution in [0.4, 0.5) is 35.1 Å². The second-order valence-electron chi connectivity index (χ2n) is 14.9. The molecule has 0 atom stereocenters. The van der Waals surface area contributed by atoms with Crippen LogP contribution in [0.3, 0.4) is 0 Å². The average Bonchev–Trinajstić information content (AvgIpc) is 3.25. The topological polar surface area (TPSA) is 0 Å². The largest absolute Gasteiger partial charge is 0.207 e. The van der Waals surface area contributed by atoms with Gasteiger partial charge in [0.05, 0.1) is 0 Å². The van der Waals surface area contributed by atoms with Crippen LogP contribution in [0.25, 0.3) is 89.0 Å². The molecular formula is C54H30F8. The van der Waals surface area contributed by atoms with Crippen LogP contribution in [0.2, 0.25) is 0 Å². The van der Waals surface area contributed by atoms with Gasteiger partial charge in [-0.05, 0) is 150 Å². The Morgan fingerprint density at radius 1 is 0.145 bits per heavy atom. The van der Waals surface area contributed by atoms with Gasteiger partial charge in [0.1, 0.15) is 46.5 Å². The maximum atomic E-state index is 14.2. The van der Waals surface area contributed by atoms with E-state index in [1.807, 2.05) is 60.7 Å². The molecular weight excluding hydrogens is 801 g/mol. The van der Waals surface area contributed by atoms with Crippen molar-refractivity contribution >= 4 is 0 Å². The second kappa shape index (κ2) is 16.5. The highest BCUT2D eigenvalue weighted by Crippen LogP contribution is 2.44. The molecule has 0 bridgehead atoms. The van der Waals surface area contributed by atoms with Crippen molar-refractivity contribution in [3.8, 4) is 89.0 Å². The van der Waals surface area contributed by atoms with Crippen molar-refractivity contribution in [1.29, 1.82) is 0 Å². The minimum atomic E-state index is -0.708. The van der Waals surface area contributed by atoms with E-state index >= 15 is 0 Å². The van der Waals surface area contributed by atoms with E-state index in [0.29, 0.717) is 44.5 Å². The van der Waals surface area contributed by atoms with Crippen LogP contribution in [-0.2, 0) is 0 Å². The van der Waals surface area contributed by atoms with E-state index in [1.165, 1.54) is 48.5 Å². The first kappa shape index (κ1) is 39.9. The zero-order chi connectivity index (χ0) is 43.1. The smallest absolute Gasteiger partial charge is 0.126 e. The molecule has 0 aliphatic heterocycles. The van der Waals surface area contributed by atoms with Crippen molar-refractivity contribution < 1.29 is 35.1 Å². The first-order valence-electron chi connectivity index (χ1n) is 19.4. The predicted molar refractivity (Wildman–Crippen MR) is 230 cm³/mol. The Balaban J connectivity index is 1.23. The van der Waals surface area contributed by atoms with Gasteiger partial charge in [-0.1, -0.05) is 97.1 Å². The van der Waals surface area contributed by atoms with Crippen LogP contribution in [0.1, 0.15) is 0 Å². The van der Waals surface area contributed by atoms with Gasteiger partial charge in [-0.25, -0.2) is 35.1 Å². The Labute approximate surface area is 351 Å². The number of hydrogen-bond donors (Lipinski definition) is 0. The molecule has 9 aromatic carbocycles. The molecule has 62 heavy (non-hydrogen) atoms. The van der Waals surface area contributed by atoms with Crippen LogP contribution in [0, 0.1) is 46.5 Å². The Bertz CT molecular complexity index is 2620. The third-order valence-corrected chi connectivity index (χ3v) is 10.7. The molecule has 0 unspecified atom stereocenters. The van der Waals surface area contributed by atoms with Crippen LogP contribution >= 0.6 is 0 Å². The van der Waals surface area contributed by atoms with Crippen molar-refractivity contribution in [3.05, 3.63) is 229 Å². The molecule has 0 saturated carbocycles. The highest BCUT2D eigenvalue weighted by atomic mass is 19.2. The molecule has 0 saturated heterocycles. The van der Waals surface area contributed by atoms with E-state index < -0.39 is 46.5 Å². The maximum absolute atomic E-state index is 14.2. The average molecular weight is 831 g/mol. The van der Waals surface area contributed by atoms with E-state index in [-0.39, 0.29) is 0 Å². The van der Waals surface area contributed by atoms with Gasteiger partial charge in [0, 0.05) is 24.3 Å². The molecule has 8 heteroatoms. The molecule has 0 amide bonds. The standard InChI is InChI=1S/C54H30F8/c55-43-17-39(18-44(56)25-43)31-1-9-35(10-2-31)51-29-53(37-13-5-33(6-14-37)41-21-47(59)27-48(60)22-41)54(38-15-7-34(8-16-38)42-23-49(61)28-50(62)24-42)30-52(51)36-11-3-32(4-12-36)40-19-45(57)26-46(58)20-40/h1-30H. The lowest BCUT2D eigenvalue weighted by molar-refractivity contribution is 0.583. The van der Waals surface area contributed by atoms with Crippen molar-refractivity contribution in [1.82, 2.24) is 0 Å². The Morgan fingerprint density at radius 3 is 0.452 bits per heavy atom. The third kappa shape index (κ3) is 8.40. The van der Waals surface area contributed by atoms with Crippen LogP contribution < -0.4 is 0 Å². The summed E-state index contributed by atoms with van der Waals surface area (Å²) in [5.41, 5.74) is 9.80. The summed E-state index contributed by atoms with van der Waals surface area (Å²) in [6.07, 6.45) is 0. The van der Waals surface area contributed by atoms with Crippen molar-refractivity contribution in [2.24, 2.45) is 0 Å². The van der Waals surface area contributed by atoms with Crippen molar-refractivity contribution in [2.75, 3.05) is 0 Å². The van der Waals surface area contributed by atoms with Crippen LogP contribution in [0.5, 0.6) is 0 Å². The first-order chi connectivity index (χ1) is 29.9. The molecule has 0 heterocycles. The fourth-order valence-electron chi connectivity index (χ4n) is 7.81. The zero-order valence-corrected chi connectivity index (χ0v) is 32.3. The molecule has 0 aliphatic rings.